The van der Waals surface area contributed by atoms with Crippen LogP contribution in [-0.2, 0) is 25.7 Å². The number of fused-ring (bicyclic) bond motifs is 1. The van der Waals surface area contributed by atoms with Crippen molar-refractivity contribution in [2.24, 2.45) is 0 Å². The molecule has 3 aromatic carbocycles. The van der Waals surface area contributed by atoms with Crippen molar-refractivity contribution in [3.63, 3.8) is 0 Å². The molecule has 1 saturated heterocycles. The first kappa shape index (κ1) is 29.5. The second-order valence-electron chi connectivity index (χ2n) is 10.1. The Kier molecular flexibility index (Phi) is 9.16. The fourth-order valence-corrected chi connectivity index (χ4v) is 5.23. The highest BCUT2D eigenvalue weighted by atomic mass is 16.5. The molecular formula is C31H34N6O6. The largest absolute Gasteiger partial charge is 0.493 e. The Morgan fingerprint density at radius 2 is 1.84 bits per heavy atom. The highest BCUT2D eigenvalue weighted by Gasteiger charge is 2.36. The lowest BCUT2D eigenvalue weighted by molar-refractivity contribution is -0.127. The summed E-state index contributed by atoms with van der Waals surface area (Å²) in [4.78, 5) is 41.6. The van der Waals surface area contributed by atoms with Gasteiger partial charge in [-0.2, -0.15) is 0 Å². The molecule has 12 heteroatoms. The van der Waals surface area contributed by atoms with Gasteiger partial charge in [0.2, 0.25) is 17.7 Å². The van der Waals surface area contributed by atoms with Crippen molar-refractivity contribution in [1.29, 1.82) is 0 Å². The van der Waals surface area contributed by atoms with Gasteiger partial charge in [-0.05, 0) is 55.3 Å². The van der Waals surface area contributed by atoms with E-state index in [9.17, 15) is 14.4 Å². The standard InChI is InChI=1S/C31H34N6O6/c1-20(38)33-21-13-15-22(16-14-21)37(28(39)19-36-26-11-5-4-10-25(26)34-35-36)29(31(40)32-18-23-8-7-17-43-23)24-9-6-12-27(41-2)30(24)42-3/h4-6,9-16,23,29H,7-8,17-19H2,1-3H3,(H,32,40)(H,33,38)/t23-,29+/m0/s1. The minimum atomic E-state index is -1.17. The first-order valence-electron chi connectivity index (χ1n) is 14.0. The Hall–Kier alpha value is -4.97. The predicted octanol–water partition coefficient (Wildman–Crippen LogP) is 3.48. The minimum Gasteiger partial charge on any atom is -0.493 e. The van der Waals surface area contributed by atoms with Gasteiger partial charge in [-0.1, -0.05) is 29.5 Å². The lowest BCUT2D eigenvalue weighted by atomic mass is 10.0. The normalized spacial score (nSPS) is 15.1. The molecule has 3 amide bonds. The van der Waals surface area contributed by atoms with Gasteiger partial charge in [0.1, 0.15) is 18.1 Å². The van der Waals surface area contributed by atoms with Crippen LogP contribution >= 0.6 is 0 Å². The maximum absolute atomic E-state index is 14.3. The molecule has 0 unspecified atom stereocenters. The third-order valence-electron chi connectivity index (χ3n) is 7.20. The molecule has 0 aliphatic carbocycles. The van der Waals surface area contributed by atoms with Gasteiger partial charge in [-0.25, -0.2) is 4.68 Å². The van der Waals surface area contributed by atoms with Crippen molar-refractivity contribution in [3.8, 4) is 11.5 Å². The molecule has 0 spiro atoms. The van der Waals surface area contributed by atoms with E-state index >= 15 is 0 Å². The number of para-hydroxylation sites is 2. The van der Waals surface area contributed by atoms with Crippen LogP contribution in [0, 0.1) is 0 Å². The van der Waals surface area contributed by atoms with Crippen molar-refractivity contribution in [3.05, 3.63) is 72.3 Å². The zero-order valence-electron chi connectivity index (χ0n) is 24.3. The van der Waals surface area contributed by atoms with E-state index in [1.54, 1.807) is 42.5 Å². The van der Waals surface area contributed by atoms with E-state index in [4.69, 9.17) is 14.2 Å². The minimum absolute atomic E-state index is 0.112. The van der Waals surface area contributed by atoms with Crippen LogP contribution < -0.4 is 25.0 Å². The molecule has 43 heavy (non-hydrogen) atoms. The predicted molar refractivity (Wildman–Crippen MR) is 160 cm³/mol. The summed E-state index contributed by atoms with van der Waals surface area (Å²) in [6.45, 7) is 2.15. The molecule has 224 valence electrons. The number of nitrogens with one attached hydrogen (secondary N) is 2. The van der Waals surface area contributed by atoms with Crippen LogP contribution in [0.1, 0.15) is 31.4 Å². The van der Waals surface area contributed by atoms with Gasteiger partial charge in [0.25, 0.3) is 0 Å². The van der Waals surface area contributed by atoms with E-state index in [1.165, 1.54) is 30.7 Å². The van der Waals surface area contributed by atoms with E-state index in [0.717, 1.165) is 12.8 Å². The number of carbonyl (C=O) groups is 3. The zero-order chi connectivity index (χ0) is 30.3. The molecule has 5 rings (SSSR count). The molecule has 2 heterocycles. The maximum Gasteiger partial charge on any atom is 0.249 e. The SMILES string of the molecule is COc1cccc([C@H](C(=O)NC[C@@H]2CCCO2)N(C(=O)Cn2nnc3ccccc32)c2ccc(NC(C)=O)cc2)c1OC. The van der Waals surface area contributed by atoms with Crippen molar-refractivity contribution in [1.82, 2.24) is 20.3 Å². The number of ether oxygens (including phenoxy) is 3. The molecule has 2 atom stereocenters. The number of rotatable bonds is 11. The molecular weight excluding hydrogens is 552 g/mol. The third-order valence-corrected chi connectivity index (χ3v) is 7.20. The number of amides is 3. The summed E-state index contributed by atoms with van der Waals surface area (Å²) in [5.41, 5.74) is 2.71. The lowest BCUT2D eigenvalue weighted by Gasteiger charge is -2.33. The van der Waals surface area contributed by atoms with Gasteiger partial charge in [0, 0.05) is 37.0 Å². The summed E-state index contributed by atoms with van der Waals surface area (Å²) in [6, 6.07) is 18.0. The van der Waals surface area contributed by atoms with Gasteiger partial charge in [-0.3, -0.25) is 19.3 Å². The van der Waals surface area contributed by atoms with Crippen LogP contribution in [0.5, 0.6) is 11.5 Å². The summed E-state index contributed by atoms with van der Waals surface area (Å²) in [5, 5.41) is 14.1. The van der Waals surface area contributed by atoms with Crippen molar-refractivity contribution >= 4 is 40.1 Å². The second kappa shape index (κ2) is 13.3. The first-order chi connectivity index (χ1) is 20.9. The number of carbonyl (C=O) groups excluding carboxylic acids is 3. The Morgan fingerprint density at radius 3 is 2.53 bits per heavy atom. The van der Waals surface area contributed by atoms with E-state index in [2.05, 4.69) is 20.9 Å². The lowest BCUT2D eigenvalue weighted by Crippen LogP contribution is -2.46. The molecule has 2 N–H and O–H groups in total. The molecule has 12 nitrogen and oxygen atoms in total. The second-order valence-corrected chi connectivity index (χ2v) is 10.1. The van der Waals surface area contributed by atoms with E-state index in [1.807, 2.05) is 24.3 Å². The number of methoxy groups -OCH3 is 2. The molecule has 0 saturated carbocycles. The van der Waals surface area contributed by atoms with E-state index < -0.39 is 17.9 Å². The maximum atomic E-state index is 14.3. The number of anilines is 2. The summed E-state index contributed by atoms with van der Waals surface area (Å²) in [7, 11) is 2.99. The van der Waals surface area contributed by atoms with Crippen LogP contribution in [0.25, 0.3) is 11.0 Å². The van der Waals surface area contributed by atoms with Crippen molar-refractivity contribution in [2.75, 3.05) is 37.6 Å². The Balaban J connectivity index is 1.60. The molecule has 1 aromatic heterocycles. The quantitative estimate of drug-likeness (QED) is 0.273. The monoisotopic (exact) mass is 586 g/mol. The van der Waals surface area contributed by atoms with Crippen LogP contribution in [0.3, 0.4) is 0 Å². The van der Waals surface area contributed by atoms with Gasteiger partial charge in [0.15, 0.2) is 11.5 Å². The van der Waals surface area contributed by atoms with Gasteiger partial charge >= 0.3 is 0 Å². The van der Waals surface area contributed by atoms with Gasteiger partial charge < -0.3 is 24.8 Å². The molecule has 0 bridgehead atoms. The summed E-state index contributed by atoms with van der Waals surface area (Å²) in [5.74, 6) is -0.352. The highest BCUT2D eigenvalue weighted by Crippen LogP contribution is 2.39. The fraction of sp³-hybridized carbons (Fsp3) is 0.323. The van der Waals surface area contributed by atoms with Crippen molar-refractivity contribution in [2.45, 2.75) is 38.5 Å². The van der Waals surface area contributed by atoms with Gasteiger partial charge in [-0.15, -0.1) is 5.10 Å². The van der Waals surface area contributed by atoms with Gasteiger partial charge in [0.05, 0.1) is 25.8 Å². The van der Waals surface area contributed by atoms with E-state index in [0.29, 0.717) is 52.6 Å². The van der Waals surface area contributed by atoms with Crippen molar-refractivity contribution < 1.29 is 28.6 Å². The molecule has 1 aliphatic rings. The summed E-state index contributed by atoms with van der Waals surface area (Å²) in [6.07, 6.45) is 1.64. The first-order valence-corrected chi connectivity index (χ1v) is 14.0. The molecule has 1 aliphatic heterocycles. The Bertz CT molecular complexity index is 1600. The highest BCUT2D eigenvalue weighted by molar-refractivity contribution is 6.02. The summed E-state index contributed by atoms with van der Waals surface area (Å²) < 4.78 is 18.5. The smallest absolute Gasteiger partial charge is 0.249 e. The number of nitrogens with zero attached hydrogens (tertiary/aromatic N) is 4. The number of hydrogen-bond donors (Lipinski definition) is 2. The molecule has 1 fully saturated rings. The number of hydrogen-bond acceptors (Lipinski definition) is 8. The van der Waals surface area contributed by atoms with Crippen LogP contribution in [-0.4, -0.2) is 66.2 Å². The summed E-state index contributed by atoms with van der Waals surface area (Å²) >= 11 is 0. The Labute approximate surface area is 248 Å². The number of benzene rings is 3. The average molecular weight is 587 g/mol. The number of aromatic nitrogens is 3. The van der Waals surface area contributed by atoms with Crippen LogP contribution in [0.2, 0.25) is 0 Å². The Morgan fingerprint density at radius 1 is 1.05 bits per heavy atom. The average Bonchev–Trinajstić information content (AvgIpc) is 3.69. The van der Waals surface area contributed by atoms with Crippen LogP contribution in [0.15, 0.2) is 66.7 Å². The fourth-order valence-electron chi connectivity index (χ4n) is 5.23. The third kappa shape index (κ3) is 6.59. The molecule has 4 aromatic rings. The van der Waals surface area contributed by atoms with E-state index in [-0.39, 0.29) is 18.6 Å². The van der Waals surface area contributed by atoms with Crippen LogP contribution in [0.4, 0.5) is 11.4 Å². The zero-order valence-corrected chi connectivity index (χ0v) is 24.3. The topological polar surface area (TPSA) is 137 Å². The molecule has 0 radical (unpaired) electrons.